The average molecular weight is 286 g/mol. The summed E-state index contributed by atoms with van der Waals surface area (Å²) in [7, 11) is 1.57. The molecule has 0 saturated carbocycles. The van der Waals surface area contributed by atoms with E-state index in [2.05, 4.69) is 5.32 Å². The molecule has 0 spiro atoms. The van der Waals surface area contributed by atoms with Crippen molar-refractivity contribution in [2.75, 3.05) is 19.6 Å². The first kappa shape index (κ1) is 15.8. The standard InChI is InChI=1S/C14H20ClNO3/c1-10(2)19-13-6-4-11(5-7-13)14(17)16-12(8-15)9-18-3/h4-7,10,12H,8-9H2,1-3H3,(H,16,17). The highest BCUT2D eigenvalue weighted by atomic mass is 35.5. The van der Waals surface area contributed by atoms with Gasteiger partial charge in [-0.15, -0.1) is 11.6 Å². The number of halogens is 1. The van der Waals surface area contributed by atoms with Gasteiger partial charge in [0.25, 0.3) is 5.91 Å². The normalized spacial score (nSPS) is 12.3. The second-order valence-electron chi connectivity index (χ2n) is 4.47. The molecule has 0 bridgehead atoms. The summed E-state index contributed by atoms with van der Waals surface area (Å²) in [6.45, 7) is 4.30. The van der Waals surface area contributed by atoms with Crippen LogP contribution in [0.25, 0.3) is 0 Å². The number of nitrogens with one attached hydrogen (secondary N) is 1. The fraction of sp³-hybridized carbons (Fsp3) is 0.500. The number of alkyl halides is 1. The Kier molecular flexibility index (Phi) is 6.67. The van der Waals surface area contributed by atoms with Gasteiger partial charge in [0.15, 0.2) is 0 Å². The molecule has 0 aromatic heterocycles. The maximum Gasteiger partial charge on any atom is 0.251 e. The zero-order chi connectivity index (χ0) is 14.3. The van der Waals surface area contributed by atoms with Gasteiger partial charge in [0.1, 0.15) is 5.75 Å². The van der Waals surface area contributed by atoms with Crippen LogP contribution < -0.4 is 10.1 Å². The van der Waals surface area contributed by atoms with Crippen LogP contribution in [-0.2, 0) is 4.74 Å². The SMILES string of the molecule is COCC(CCl)NC(=O)c1ccc(OC(C)C)cc1. The molecule has 5 heteroatoms. The fourth-order valence-electron chi connectivity index (χ4n) is 1.55. The van der Waals surface area contributed by atoms with Crippen LogP contribution in [0.4, 0.5) is 0 Å². The number of hydrogen-bond acceptors (Lipinski definition) is 3. The molecule has 0 radical (unpaired) electrons. The zero-order valence-corrected chi connectivity index (χ0v) is 12.2. The molecule has 0 aliphatic carbocycles. The lowest BCUT2D eigenvalue weighted by Gasteiger charge is -2.15. The topological polar surface area (TPSA) is 47.6 Å². The molecule has 1 rings (SSSR count). The Morgan fingerprint density at radius 2 is 1.95 bits per heavy atom. The van der Waals surface area contributed by atoms with Gasteiger partial charge in [0.05, 0.1) is 18.8 Å². The van der Waals surface area contributed by atoms with Gasteiger partial charge in [-0.3, -0.25) is 4.79 Å². The summed E-state index contributed by atoms with van der Waals surface area (Å²) in [5.41, 5.74) is 0.572. The second-order valence-corrected chi connectivity index (χ2v) is 4.78. The van der Waals surface area contributed by atoms with E-state index >= 15 is 0 Å². The van der Waals surface area contributed by atoms with Crippen molar-refractivity contribution in [3.05, 3.63) is 29.8 Å². The van der Waals surface area contributed by atoms with Gasteiger partial charge in [-0.25, -0.2) is 0 Å². The Morgan fingerprint density at radius 3 is 2.42 bits per heavy atom. The Morgan fingerprint density at radius 1 is 1.32 bits per heavy atom. The number of methoxy groups -OCH3 is 1. The predicted octanol–water partition coefficient (Wildman–Crippen LogP) is 2.46. The molecule has 1 atom stereocenters. The minimum atomic E-state index is -0.189. The van der Waals surface area contributed by atoms with E-state index in [1.807, 2.05) is 13.8 Å². The Bertz CT molecular complexity index is 392. The van der Waals surface area contributed by atoms with Gasteiger partial charge < -0.3 is 14.8 Å². The number of hydrogen-bond donors (Lipinski definition) is 1. The first-order valence-electron chi connectivity index (χ1n) is 6.19. The highest BCUT2D eigenvalue weighted by Crippen LogP contribution is 2.13. The van der Waals surface area contributed by atoms with Crippen molar-refractivity contribution < 1.29 is 14.3 Å². The average Bonchev–Trinajstić information content (AvgIpc) is 2.38. The van der Waals surface area contributed by atoms with Crippen LogP contribution in [0.2, 0.25) is 0 Å². The van der Waals surface area contributed by atoms with Crippen molar-refractivity contribution in [3.8, 4) is 5.75 Å². The molecule has 1 aromatic carbocycles. The van der Waals surface area contributed by atoms with Gasteiger partial charge in [-0.2, -0.15) is 0 Å². The van der Waals surface area contributed by atoms with E-state index in [0.29, 0.717) is 18.1 Å². The number of amides is 1. The van der Waals surface area contributed by atoms with Crippen LogP contribution >= 0.6 is 11.6 Å². The van der Waals surface area contributed by atoms with Crippen molar-refractivity contribution in [1.82, 2.24) is 5.32 Å². The third-order valence-corrected chi connectivity index (χ3v) is 2.75. The maximum atomic E-state index is 12.0. The van der Waals surface area contributed by atoms with E-state index in [-0.39, 0.29) is 18.1 Å². The zero-order valence-electron chi connectivity index (χ0n) is 11.5. The molecular formula is C14H20ClNO3. The summed E-state index contributed by atoms with van der Waals surface area (Å²) in [6, 6.07) is 6.82. The van der Waals surface area contributed by atoms with E-state index in [1.54, 1.807) is 31.4 Å². The lowest BCUT2D eigenvalue weighted by molar-refractivity contribution is 0.0907. The summed E-state index contributed by atoms with van der Waals surface area (Å²) in [6.07, 6.45) is 0.113. The van der Waals surface area contributed by atoms with E-state index in [9.17, 15) is 4.79 Å². The monoisotopic (exact) mass is 285 g/mol. The summed E-state index contributed by atoms with van der Waals surface area (Å²) in [5.74, 6) is 0.893. The van der Waals surface area contributed by atoms with Crippen LogP contribution in [0.3, 0.4) is 0 Å². The summed E-state index contributed by atoms with van der Waals surface area (Å²) in [5, 5.41) is 2.81. The number of carbonyl (C=O) groups is 1. The van der Waals surface area contributed by atoms with E-state index in [0.717, 1.165) is 5.75 Å². The smallest absolute Gasteiger partial charge is 0.251 e. The van der Waals surface area contributed by atoms with Crippen molar-refractivity contribution in [3.63, 3.8) is 0 Å². The molecule has 19 heavy (non-hydrogen) atoms. The van der Waals surface area contributed by atoms with Crippen molar-refractivity contribution in [1.29, 1.82) is 0 Å². The molecule has 1 N–H and O–H groups in total. The van der Waals surface area contributed by atoms with E-state index in [1.165, 1.54) is 0 Å². The van der Waals surface area contributed by atoms with Gasteiger partial charge in [-0.05, 0) is 38.1 Å². The molecule has 0 saturated heterocycles. The minimum absolute atomic E-state index is 0.113. The number of ether oxygens (including phenoxy) is 2. The van der Waals surface area contributed by atoms with Crippen LogP contribution in [-0.4, -0.2) is 37.6 Å². The highest BCUT2D eigenvalue weighted by molar-refractivity contribution is 6.18. The molecule has 4 nitrogen and oxygen atoms in total. The lowest BCUT2D eigenvalue weighted by atomic mass is 10.2. The summed E-state index contributed by atoms with van der Waals surface area (Å²) >= 11 is 5.75. The van der Waals surface area contributed by atoms with Crippen LogP contribution in [0, 0.1) is 0 Å². The van der Waals surface area contributed by atoms with E-state index < -0.39 is 0 Å². The van der Waals surface area contributed by atoms with Crippen molar-refractivity contribution in [2.24, 2.45) is 0 Å². The van der Waals surface area contributed by atoms with Gasteiger partial charge in [-0.1, -0.05) is 0 Å². The fourth-order valence-corrected chi connectivity index (χ4v) is 1.72. The third kappa shape index (κ3) is 5.49. The predicted molar refractivity (Wildman–Crippen MR) is 76.1 cm³/mol. The van der Waals surface area contributed by atoms with Gasteiger partial charge >= 0.3 is 0 Å². The number of carbonyl (C=O) groups excluding carboxylic acids is 1. The Labute approximate surface area is 119 Å². The van der Waals surface area contributed by atoms with Gasteiger partial charge in [0.2, 0.25) is 0 Å². The Hall–Kier alpha value is -1.26. The first-order chi connectivity index (χ1) is 9.06. The third-order valence-electron chi connectivity index (χ3n) is 2.38. The van der Waals surface area contributed by atoms with Gasteiger partial charge in [0, 0.05) is 18.6 Å². The molecule has 1 unspecified atom stereocenters. The maximum absolute atomic E-state index is 12.0. The molecule has 106 valence electrons. The highest BCUT2D eigenvalue weighted by Gasteiger charge is 2.12. The number of rotatable bonds is 7. The second kappa shape index (κ2) is 8.02. The van der Waals surface area contributed by atoms with Crippen LogP contribution in [0.1, 0.15) is 24.2 Å². The van der Waals surface area contributed by atoms with Crippen molar-refractivity contribution >= 4 is 17.5 Å². The molecule has 0 aliphatic rings. The molecule has 1 aromatic rings. The molecule has 1 amide bonds. The van der Waals surface area contributed by atoms with E-state index in [4.69, 9.17) is 21.1 Å². The first-order valence-corrected chi connectivity index (χ1v) is 6.72. The summed E-state index contributed by atoms with van der Waals surface area (Å²) in [4.78, 5) is 12.0. The minimum Gasteiger partial charge on any atom is -0.491 e. The lowest BCUT2D eigenvalue weighted by Crippen LogP contribution is -2.39. The Balaban J connectivity index is 2.62. The largest absolute Gasteiger partial charge is 0.491 e. The van der Waals surface area contributed by atoms with Crippen LogP contribution in [0.5, 0.6) is 5.75 Å². The quantitative estimate of drug-likeness (QED) is 0.783. The molecular weight excluding hydrogens is 266 g/mol. The van der Waals surface area contributed by atoms with Crippen molar-refractivity contribution in [2.45, 2.75) is 26.0 Å². The molecule has 0 fully saturated rings. The van der Waals surface area contributed by atoms with Crippen LogP contribution in [0.15, 0.2) is 24.3 Å². The molecule has 0 aliphatic heterocycles. The number of benzene rings is 1. The molecule has 0 heterocycles. The summed E-state index contributed by atoms with van der Waals surface area (Å²) < 4.78 is 10.5.